The average Bonchev–Trinajstić information content (AvgIpc) is 2.55. The van der Waals surface area contributed by atoms with Crippen LogP contribution in [0.4, 0.5) is 4.39 Å². The number of nitriles is 1. The fraction of sp³-hybridized carbons (Fsp3) is 0.429. The number of carbonyl (C=O) groups excluding carboxylic acids is 1. The summed E-state index contributed by atoms with van der Waals surface area (Å²) in [5.41, 5.74) is 0.908. The van der Waals surface area contributed by atoms with Gasteiger partial charge in [0.2, 0.25) is 5.91 Å². The molecule has 1 fully saturated rings. The van der Waals surface area contributed by atoms with E-state index in [0.29, 0.717) is 24.2 Å². The first kappa shape index (κ1) is 13.5. The lowest BCUT2D eigenvalue weighted by molar-refractivity contribution is -0.130. The molecular formula is C14H16FN3O. The topological polar surface area (TPSA) is 47.3 Å². The Morgan fingerprint density at radius 3 is 2.95 bits per heavy atom. The van der Waals surface area contributed by atoms with Crippen LogP contribution in [0.1, 0.15) is 17.5 Å². The molecule has 4 nitrogen and oxygen atoms in total. The molecule has 0 saturated carbocycles. The second kappa shape index (κ2) is 5.81. The maximum atomic E-state index is 13.7. The molecule has 100 valence electrons. The van der Waals surface area contributed by atoms with Crippen molar-refractivity contribution in [2.75, 3.05) is 26.7 Å². The van der Waals surface area contributed by atoms with Crippen molar-refractivity contribution >= 4 is 5.91 Å². The van der Waals surface area contributed by atoms with Gasteiger partial charge in [-0.3, -0.25) is 9.69 Å². The van der Waals surface area contributed by atoms with Crippen LogP contribution in [-0.2, 0) is 11.3 Å². The van der Waals surface area contributed by atoms with E-state index in [4.69, 9.17) is 5.26 Å². The van der Waals surface area contributed by atoms with Gasteiger partial charge in [-0.2, -0.15) is 5.26 Å². The van der Waals surface area contributed by atoms with Crippen LogP contribution in [0.15, 0.2) is 18.2 Å². The molecule has 1 aromatic carbocycles. The van der Waals surface area contributed by atoms with Crippen LogP contribution in [0.3, 0.4) is 0 Å². The summed E-state index contributed by atoms with van der Waals surface area (Å²) in [7, 11) is 1.78. The Morgan fingerprint density at radius 2 is 2.21 bits per heavy atom. The largest absolute Gasteiger partial charge is 0.345 e. The molecule has 1 saturated heterocycles. The predicted molar refractivity (Wildman–Crippen MR) is 68.6 cm³/mol. The Morgan fingerprint density at radius 1 is 1.42 bits per heavy atom. The van der Waals surface area contributed by atoms with Crippen molar-refractivity contribution in [1.29, 1.82) is 5.26 Å². The molecule has 0 bridgehead atoms. The molecule has 0 N–H and O–H groups in total. The average molecular weight is 261 g/mol. The Kier molecular flexibility index (Phi) is 4.13. The van der Waals surface area contributed by atoms with Crippen molar-refractivity contribution in [3.05, 3.63) is 35.1 Å². The van der Waals surface area contributed by atoms with E-state index in [-0.39, 0.29) is 11.7 Å². The van der Waals surface area contributed by atoms with E-state index in [2.05, 4.69) is 0 Å². The fourth-order valence-electron chi connectivity index (χ4n) is 2.19. The first-order chi connectivity index (χ1) is 9.10. The van der Waals surface area contributed by atoms with Crippen LogP contribution in [-0.4, -0.2) is 42.4 Å². The molecule has 0 atom stereocenters. The molecule has 5 heteroatoms. The molecule has 0 aliphatic carbocycles. The van der Waals surface area contributed by atoms with Gasteiger partial charge < -0.3 is 4.90 Å². The maximum Gasteiger partial charge on any atom is 0.236 e. The number of nitrogens with zero attached hydrogens (tertiary/aromatic N) is 3. The molecule has 0 unspecified atom stereocenters. The van der Waals surface area contributed by atoms with Gasteiger partial charge >= 0.3 is 0 Å². The lowest BCUT2D eigenvalue weighted by Crippen LogP contribution is -2.34. The molecule has 1 heterocycles. The van der Waals surface area contributed by atoms with Gasteiger partial charge in [-0.1, -0.05) is 0 Å². The van der Waals surface area contributed by atoms with Crippen molar-refractivity contribution < 1.29 is 9.18 Å². The standard InChI is InChI=1S/C14H16FN3O/c1-17-5-2-6-18(10-14(17)19)9-12-7-11(8-16)3-4-13(12)15/h3-4,7H,2,5-6,9-10H2,1H3. The molecule has 1 amide bonds. The van der Waals surface area contributed by atoms with E-state index in [0.717, 1.165) is 19.5 Å². The zero-order valence-corrected chi connectivity index (χ0v) is 10.9. The Hall–Kier alpha value is -1.93. The van der Waals surface area contributed by atoms with Crippen LogP contribution in [0.5, 0.6) is 0 Å². The maximum absolute atomic E-state index is 13.7. The summed E-state index contributed by atoms with van der Waals surface area (Å²) in [5, 5.41) is 8.83. The van der Waals surface area contributed by atoms with Crippen LogP contribution in [0, 0.1) is 17.1 Å². The number of halogens is 1. The van der Waals surface area contributed by atoms with Crippen LogP contribution in [0.25, 0.3) is 0 Å². The number of amides is 1. The molecule has 1 aliphatic heterocycles. The molecule has 0 spiro atoms. The molecule has 1 aliphatic rings. The number of hydrogen-bond acceptors (Lipinski definition) is 3. The Balaban J connectivity index is 2.12. The zero-order valence-electron chi connectivity index (χ0n) is 10.9. The summed E-state index contributed by atoms with van der Waals surface area (Å²) in [4.78, 5) is 15.4. The highest BCUT2D eigenvalue weighted by molar-refractivity contribution is 5.78. The highest BCUT2D eigenvalue weighted by Crippen LogP contribution is 2.14. The first-order valence-corrected chi connectivity index (χ1v) is 6.25. The van der Waals surface area contributed by atoms with Crippen molar-refractivity contribution in [1.82, 2.24) is 9.80 Å². The van der Waals surface area contributed by atoms with Crippen molar-refractivity contribution in [3.63, 3.8) is 0 Å². The normalized spacial score (nSPS) is 17.1. The highest BCUT2D eigenvalue weighted by Gasteiger charge is 2.19. The summed E-state index contributed by atoms with van der Waals surface area (Å²) in [6.45, 7) is 2.15. The number of carbonyl (C=O) groups is 1. The number of benzene rings is 1. The van der Waals surface area contributed by atoms with Crippen molar-refractivity contribution in [3.8, 4) is 6.07 Å². The van der Waals surface area contributed by atoms with Crippen LogP contribution < -0.4 is 0 Å². The summed E-state index contributed by atoms with van der Waals surface area (Å²) >= 11 is 0. The van der Waals surface area contributed by atoms with E-state index in [1.165, 1.54) is 12.1 Å². The molecule has 0 aromatic heterocycles. The third-order valence-corrected chi connectivity index (χ3v) is 3.32. The van der Waals surface area contributed by atoms with Crippen LogP contribution in [0.2, 0.25) is 0 Å². The van der Waals surface area contributed by atoms with Crippen molar-refractivity contribution in [2.24, 2.45) is 0 Å². The lowest BCUT2D eigenvalue weighted by Gasteiger charge is -2.19. The zero-order chi connectivity index (χ0) is 13.8. The Bertz CT molecular complexity index is 524. The second-order valence-electron chi connectivity index (χ2n) is 4.80. The number of hydrogen-bond donors (Lipinski definition) is 0. The third-order valence-electron chi connectivity index (χ3n) is 3.32. The van der Waals surface area contributed by atoms with E-state index in [1.54, 1.807) is 18.0 Å². The summed E-state index contributed by atoms with van der Waals surface area (Å²) in [6.07, 6.45) is 0.877. The third kappa shape index (κ3) is 3.30. The van der Waals surface area contributed by atoms with Gasteiger partial charge in [0.1, 0.15) is 5.82 Å². The minimum Gasteiger partial charge on any atom is -0.345 e. The number of rotatable bonds is 2. The SMILES string of the molecule is CN1CCCN(Cc2cc(C#N)ccc2F)CC1=O. The summed E-state index contributed by atoms with van der Waals surface area (Å²) in [6, 6.07) is 6.31. The lowest BCUT2D eigenvalue weighted by atomic mass is 10.1. The molecule has 1 aromatic rings. The monoisotopic (exact) mass is 261 g/mol. The fourth-order valence-corrected chi connectivity index (χ4v) is 2.19. The molecule has 0 radical (unpaired) electrons. The summed E-state index contributed by atoms with van der Waals surface area (Å²) < 4.78 is 13.7. The minimum atomic E-state index is -0.330. The van der Waals surface area contributed by atoms with E-state index >= 15 is 0 Å². The number of likely N-dealkylation sites (N-methyl/N-ethyl adjacent to an activating group) is 1. The van der Waals surface area contributed by atoms with Gasteiger partial charge in [0, 0.05) is 32.2 Å². The van der Waals surface area contributed by atoms with Crippen LogP contribution >= 0.6 is 0 Å². The Labute approximate surface area is 112 Å². The molecule has 19 heavy (non-hydrogen) atoms. The van der Waals surface area contributed by atoms with E-state index < -0.39 is 0 Å². The van der Waals surface area contributed by atoms with Gasteiger partial charge in [0.05, 0.1) is 18.2 Å². The molecule has 2 rings (SSSR count). The van der Waals surface area contributed by atoms with Gasteiger partial charge in [0.25, 0.3) is 0 Å². The van der Waals surface area contributed by atoms with Gasteiger partial charge in [0.15, 0.2) is 0 Å². The molecular weight excluding hydrogens is 245 g/mol. The van der Waals surface area contributed by atoms with E-state index in [9.17, 15) is 9.18 Å². The summed E-state index contributed by atoms with van der Waals surface area (Å²) in [5.74, 6) is -0.279. The quantitative estimate of drug-likeness (QED) is 0.807. The van der Waals surface area contributed by atoms with E-state index in [1.807, 2.05) is 11.0 Å². The minimum absolute atomic E-state index is 0.0503. The predicted octanol–water partition coefficient (Wildman–Crippen LogP) is 1.36. The van der Waals surface area contributed by atoms with Gasteiger partial charge in [-0.25, -0.2) is 4.39 Å². The second-order valence-corrected chi connectivity index (χ2v) is 4.80. The highest BCUT2D eigenvalue weighted by atomic mass is 19.1. The van der Waals surface area contributed by atoms with Gasteiger partial charge in [-0.05, 0) is 24.6 Å². The smallest absolute Gasteiger partial charge is 0.236 e. The van der Waals surface area contributed by atoms with Crippen molar-refractivity contribution in [2.45, 2.75) is 13.0 Å². The first-order valence-electron chi connectivity index (χ1n) is 6.25. The van der Waals surface area contributed by atoms with Gasteiger partial charge in [-0.15, -0.1) is 0 Å².